The molecule has 0 spiro atoms. The van der Waals surface area contributed by atoms with Crippen LogP contribution in [0.15, 0.2) is 46.0 Å². The van der Waals surface area contributed by atoms with Gasteiger partial charge in [-0.25, -0.2) is 4.79 Å². The van der Waals surface area contributed by atoms with Gasteiger partial charge in [-0.1, -0.05) is 39.3 Å². The molecular weight excluding hydrogens is 358 g/mol. The van der Waals surface area contributed by atoms with E-state index in [9.17, 15) is 4.79 Å². The van der Waals surface area contributed by atoms with E-state index in [0.29, 0.717) is 5.56 Å². The number of aryl methyl sites for hydroxylation is 1. The molecule has 0 saturated heterocycles. The minimum atomic E-state index is -0.446. The molecule has 0 fully saturated rings. The zero-order valence-electron chi connectivity index (χ0n) is 12.9. The molecule has 23 heavy (non-hydrogen) atoms. The molecule has 0 saturated carbocycles. The molecule has 2 aromatic carbocycles. The van der Waals surface area contributed by atoms with Gasteiger partial charge in [0.25, 0.3) is 0 Å². The van der Waals surface area contributed by atoms with Gasteiger partial charge in [-0.2, -0.15) is 0 Å². The lowest BCUT2D eigenvalue weighted by atomic mass is 10.1. The Kier molecular flexibility index (Phi) is 4.48. The number of rotatable bonds is 3. The van der Waals surface area contributed by atoms with Crippen LogP contribution in [0.4, 0.5) is 0 Å². The Labute approximate surface area is 143 Å². The predicted octanol–water partition coefficient (Wildman–Crippen LogP) is 4.27. The van der Waals surface area contributed by atoms with E-state index in [0.717, 1.165) is 45.5 Å². The molecule has 118 valence electrons. The third-order valence-electron chi connectivity index (χ3n) is 3.94. The third kappa shape index (κ3) is 3.01. The van der Waals surface area contributed by atoms with Gasteiger partial charge in [-0.05, 0) is 49.1 Å². The largest absolute Gasteiger partial charge is 0.496 e. The molecule has 0 aliphatic heterocycles. The van der Waals surface area contributed by atoms with Crippen LogP contribution in [0, 0.1) is 6.92 Å². The Balaban J connectivity index is 1.88. The molecule has 5 heteroatoms. The highest BCUT2D eigenvalue weighted by Gasteiger charge is 2.25. The molecule has 0 N–H and O–H groups in total. The van der Waals surface area contributed by atoms with Crippen LogP contribution >= 0.6 is 15.9 Å². The molecule has 0 radical (unpaired) electrons. The van der Waals surface area contributed by atoms with Crippen molar-refractivity contribution in [3.63, 3.8) is 0 Å². The van der Waals surface area contributed by atoms with Crippen LogP contribution in [0.2, 0.25) is 0 Å². The Morgan fingerprint density at radius 3 is 2.70 bits per heavy atom. The summed E-state index contributed by atoms with van der Waals surface area (Å²) < 4.78 is 6.43. The zero-order chi connectivity index (χ0) is 16.4. The van der Waals surface area contributed by atoms with E-state index in [1.807, 2.05) is 37.3 Å². The van der Waals surface area contributed by atoms with Gasteiger partial charge in [0.15, 0.2) is 0 Å². The van der Waals surface area contributed by atoms with Crippen LogP contribution in [0.3, 0.4) is 0 Å². The lowest BCUT2D eigenvalue weighted by molar-refractivity contribution is 0.0515. The van der Waals surface area contributed by atoms with Gasteiger partial charge in [-0.3, -0.25) is 0 Å². The van der Waals surface area contributed by atoms with E-state index in [-0.39, 0.29) is 0 Å². The van der Waals surface area contributed by atoms with Gasteiger partial charge >= 0.3 is 5.97 Å². The molecule has 4 nitrogen and oxygen atoms in total. The second-order valence-electron chi connectivity index (χ2n) is 5.33. The van der Waals surface area contributed by atoms with Crippen molar-refractivity contribution in [2.24, 2.45) is 5.16 Å². The van der Waals surface area contributed by atoms with Crippen molar-refractivity contribution in [2.45, 2.75) is 19.8 Å². The fourth-order valence-electron chi connectivity index (χ4n) is 2.74. The summed E-state index contributed by atoms with van der Waals surface area (Å²) >= 11 is 3.55. The molecule has 0 atom stereocenters. The number of halogens is 1. The Bertz CT molecular complexity index is 799. The molecule has 2 aromatic rings. The quantitative estimate of drug-likeness (QED) is 0.595. The van der Waals surface area contributed by atoms with Crippen LogP contribution < -0.4 is 4.74 Å². The summed E-state index contributed by atoms with van der Waals surface area (Å²) in [5.41, 5.74) is 4.18. The van der Waals surface area contributed by atoms with Crippen molar-refractivity contribution in [3.8, 4) is 5.75 Å². The molecule has 0 aromatic heterocycles. The van der Waals surface area contributed by atoms with Crippen LogP contribution in [0.25, 0.3) is 0 Å². The summed E-state index contributed by atoms with van der Waals surface area (Å²) in [6, 6.07) is 11.1. The summed E-state index contributed by atoms with van der Waals surface area (Å²) in [6.07, 6.45) is 1.56. The number of hydrogen-bond donors (Lipinski definition) is 0. The van der Waals surface area contributed by atoms with Gasteiger partial charge in [0.05, 0.1) is 18.4 Å². The lowest BCUT2D eigenvalue weighted by Crippen LogP contribution is -2.06. The first-order chi connectivity index (χ1) is 11.1. The number of ether oxygens (including phenoxy) is 1. The number of methoxy groups -OCH3 is 1. The summed E-state index contributed by atoms with van der Waals surface area (Å²) in [5, 5.41) is 4.10. The van der Waals surface area contributed by atoms with Gasteiger partial charge in [0.1, 0.15) is 5.75 Å². The predicted molar refractivity (Wildman–Crippen MR) is 92.1 cm³/mol. The normalized spacial score (nSPS) is 14.7. The minimum absolute atomic E-state index is 0.446. The number of carbonyl (C=O) groups is 1. The van der Waals surface area contributed by atoms with E-state index < -0.39 is 5.97 Å². The highest BCUT2D eigenvalue weighted by molar-refractivity contribution is 9.10. The SMILES string of the molecule is COc1ccc(Br)c2c1/C(=N\OC(=O)c1ccccc1C)CC2. The maximum absolute atomic E-state index is 12.2. The first-order valence-corrected chi connectivity index (χ1v) is 8.10. The summed E-state index contributed by atoms with van der Waals surface area (Å²) in [4.78, 5) is 17.4. The van der Waals surface area contributed by atoms with Crippen LogP contribution in [-0.4, -0.2) is 18.8 Å². The van der Waals surface area contributed by atoms with Crippen molar-refractivity contribution < 1.29 is 14.4 Å². The van der Waals surface area contributed by atoms with Crippen LogP contribution in [0.5, 0.6) is 5.75 Å². The highest BCUT2D eigenvalue weighted by atomic mass is 79.9. The first-order valence-electron chi connectivity index (χ1n) is 7.31. The Morgan fingerprint density at radius 1 is 1.17 bits per heavy atom. The number of hydrogen-bond acceptors (Lipinski definition) is 4. The van der Waals surface area contributed by atoms with E-state index in [4.69, 9.17) is 9.57 Å². The lowest BCUT2D eigenvalue weighted by Gasteiger charge is -2.09. The van der Waals surface area contributed by atoms with Gasteiger partial charge in [0, 0.05) is 10.0 Å². The molecule has 1 aliphatic carbocycles. The maximum atomic E-state index is 12.2. The fourth-order valence-corrected chi connectivity index (χ4v) is 3.27. The Morgan fingerprint density at radius 2 is 1.96 bits per heavy atom. The second-order valence-corrected chi connectivity index (χ2v) is 6.19. The molecular formula is C18H16BrNO3. The van der Waals surface area contributed by atoms with Crippen molar-refractivity contribution >= 4 is 27.6 Å². The monoisotopic (exact) mass is 373 g/mol. The van der Waals surface area contributed by atoms with Crippen molar-refractivity contribution in [3.05, 3.63) is 63.1 Å². The van der Waals surface area contributed by atoms with E-state index in [1.165, 1.54) is 0 Å². The number of nitrogens with zero attached hydrogens (tertiary/aromatic N) is 1. The zero-order valence-corrected chi connectivity index (χ0v) is 14.5. The third-order valence-corrected chi connectivity index (χ3v) is 4.68. The fraction of sp³-hybridized carbons (Fsp3) is 0.222. The van der Waals surface area contributed by atoms with Crippen molar-refractivity contribution in [1.29, 1.82) is 0 Å². The molecule has 1 aliphatic rings. The number of fused-ring (bicyclic) bond motifs is 1. The molecule has 3 rings (SSSR count). The molecule has 0 heterocycles. The van der Waals surface area contributed by atoms with Crippen molar-refractivity contribution in [1.82, 2.24) is 0 Å². The van der Waals surface area contributed by atoms with Gasteiger partial charge in [0.2, 0.25) is 0 Å². The molecule has 0 bridgehead atoms. The second kappa shape index (κ2) is 6.54. The number of oxime groups is 1. The number of benzene rings is 2. The average molecular weight is 374 g/mol. The van der Waals surface area contributed by atoms with Gasteiger partial charge < -0.3 is 9.57 Å². The van der Waals surface area contributed by atoms with Crippen LogP contribution in [-0.2, 0) is 11.3 Å². The Hall–Kier alpha value is -2.14. The highest BCUT2D eigenvalue weighted by Crippen LogP contribution is 2.36. The smallest absolute Gasteiger partial charge is 0.366 e. The maximum Gasteiger partial charge on any atom is 0.366 e. The average Bonchev–Trinajstić information content (AvgIpc) is 2.98. The van der Waals surface area contributed by atoms with E-state index >= 15 is 0 Å². The molecule has 0 amide bonds. The van der Waals surface area contributed by atoms with Gasteiger partial charge in [-0.15, -0.1) is 0 Å². The topological polar surface area (TPSA) is 47.9 Å². The van der Waals surface area contributed by atoms with Crippen LogP contribution in [0.1, 0.15) is 33.5 Å². The molecule has 0 unspecified atom stereocenters. The summed E-state index contributed by atoms with van der Waals surface area (Å²) in [7, 11) is 1.62. The standard InChI is InChI=1S/C18H16BrNO3/c1-11-5-3-4-6-12(11)18(21)23-20-15-9-7-13-14(19)8-10-16(22-2)17(13)15/h3-6,8,10H,7,9H2,1-2H3/b20-15-. The minimum Gasteiger partial charge on any atom is -0.496 e. The van der Waals surface area contributed by atoms with Crippen molar-refractivity contribution in [2.75, 3.05) is 7.11 Å². The first kappa shape index (κ1) is 15.7. The van der Waals surface area contributed by atoms with E-state index in [2.05, 4.69) is 21.1 Å². The van der Waals surface area contributed by atoms with E-state index in [1.54, 1.807) is 13.2 Å². The number of carbonyl (C=O) groups excluding carboxylic acids is 1. The summed E-state index contributed by atoms with van der Waals surface area (Å²) in [6.45, 7) is 1.87. The summed E-state index contributed by atoms with van der Waals surface area (Å²) in [5.74, 6) is 0.296.